The fourth-order valence-electron chi connectivity index (χ4n) is 1.76. The first-order chi connectivity index (χ1) is 9.04. The Bertz CT molecular complexity index is 684. The van der Waals surface area contributed by atoms with Crippen molar-refractivity contribution in [2.24, 2.45) is 0 Å². The van der Waals surface area contributed by atoms with Gasteiger partial charge in [-0.25, -0.2) is 13.4 Å². The van der Waals surface area contributed by atoms with Crippen molar-refractivity contribution in [1.29, 1.82) is 0 Å². The molecule has 0 spiro atoms. The summed E-state index contributed by atoms with van der Waals surface area (Å²) in [6.07, 6.45) is 1.41. The Morgan fingerprint density at radius 2 is 1.95 bits per heavy atom. The molecule has 0 radical (unpaired) electrons. The van der Waals surface area contributed by atoms with E-state index in [1.165, 1.54) is 19.4 Å². The van der Waals surface area contributed by atoms with Gasteiger partial charge in [0, 0.05) is 11.8 Å². The predicted octanol–water partition coefficient (Wildman–Crippen LogP) is 1.65. The molecule has 0 fully saturated rings. The first-order valence-corrected chi connectivity index (χ1v) is 7.25. The lowest BCUT2D eigenvalue weighted by Crippen LogP contribution is -2.10. The molecular weight excluding hydrogens is 264 g/mol. The van der Waals surface area contributed by atoms with Gasteiger partial charge in [0.1, 0.15) is 5.75 Å². The van der Waals surface area contributed by atoms with Gasteiger partial charge in [-0.1, -0.05) is 18.2 Å². The molecule has 0 aliphatic heterocycles. The minimum Gasteiger partial charge on any atom is -0.496 e. The van der Waals surface area contributed by atoms with Crippen LogP contribution in [0.25, 0.3) is 0 Å². The van der Waals surface area contributed by atoms with Gasteiger partial charge >= 0.3 is 0 Å². The SMILES string of the molecule is COc1ccccc1CS(=O)(=O)c1ncccc1N. The Morgan fingerprint density at radius 1 is 1.21 bits per heavy atom. The van der Waals surface area contributed by atoms with Crippen LogP contribution in [0, 0.1) is 0 Å². The van der Waals surface area contributed by atoms with Crippen LogP contribution in [0.15, 0.2) is 47.6 Å². The van der Waals surface area contributed by atoms with Crippen LogP contribution in [0.1, 0.15) is 5.56 Å². The number of nitrogen functional groups attached to an aromatic ring is 1. The van der Waals surface area contributed by atoms with Crippen LogP contribution in [0.2, 0.25) is 0 Å². The van der Waals surface area contributed by atoms with Crippen LogP contribution in [-0.4, -0.2) is 20.5 Å². The highest BCUT2D eigenvalue weighted by Crippen LogP contribution is 2.24. The average molecular weight is 278 g/mol. The maximum Gasteiger partial charge on any atom is 0.201 e. The van der Waals surface area contributed by atoms with E-state index in [-0.39, 0.29) is 16.5 Å². The van der Waals surface area contributed by atoms with Crippen molar-refractivity contribution in [3.05, 3.63) is 48.2 Å². The van der Waals surface area contributed by atoms with Gasteiger partial charge in [0.25, 0.3) is 0 Å². The van der Waals surface area contributed by atoms with E-state index in [2.05, 4.69) is 4.98 Å². The number of pyridine rings is 1. The predicted molar refractivity (Wildman–Crippen MR) is 72.5 cm³/mol. The number of anilines is 1. The molecule has 19 heavy (non-hydrogen) atoms. The molecule has 0 saturated heterocycles. The molecule has 6 heteroatoms. The summed E-state index contributed by atoms with van der Waals surface area (Å²) < 4.78 is 29.7. The number of nitrogens with two attached hydrogens (primary N) is 1. The van der Waals surface area contributed by atoms with Gasteiger partial charge in [-0.3, -0.25) is 0 Å². The van der Waals surface area contributed by atoms with Crippen LogP contribution in [0.3, 0.4) is 0 Å². The quantitative estimate of drug-likeness (QED) is 0.919. The minimum atomic E-state index is -3.59. The molecule has 0 amide bonds. The third-order valence-corrected chi connectivity index (χ3v) is 4.25. The number of aromatic nitrogens is 1. The summed E-state index contributed by atoms with van der Waals surface area (Å²) in [6, 6.07) is 10.1. The van der Waals surface area contributed by atoms with Crippen molar-refractivity contribution in [1.82, 2.24) is 4.98 Å². The molecule has 1 heterocycles. The fourth-order valence-corrected chi connectivity index (χ4v) is 3.19. The van der Waals surface area contributed by atoms with E-state index in [4.69, 9.17) is 10.5 Å². The number of sulfone groups is 1. The summed E-state index contributed by atoms with van der Waals surface area (Å²) in [5, 5.41) is -0.0964. The number of rotatable bonds is 4. The second-order valence-electron chi connectivity index (χ2n) is 3.97. The van der Waals surface area contributed by atoms with Crippen LogP contribution >= 0.6 is 0 Å². The molecule has 1 aromatic heterocycles. The first kappa shape index (κ1) is 13.4. The molecule has 0 aliphatic carbocycles. The zero-order valence-corrected chi connectivity index (χ0v) is 11.2. The highest BCUT2D eigenvalue weighted by Gasteiger charge is 2.21. The summed E-state index contributed by atoms with van der Waals surface area (Å²) in [6.45, 7) is 0. The molecule has 0 unspecified atom stereocenters. The molecule has 0 aliphatic rings. The second-order valence-corrected chi connectivity index (χ2v) is 5.87. The Morgan fingerprint density at radius 3 is 2.63 bits per heavy atom. The number of methoxy groups -OCH3 is 1. The summed E-state index contributed by atoms with van der Waals surface area (Å²) in [4.78, 5) is 3.85. The maximum absolute atomic E-state index is 12.3. The monoisotopic (exact) mass is 278 g/mol. The van der Waals surface area contributed by atoms with E-state index in [9.17, 15) is 8.42 Å². The lowest BCUT2D eigenvalue weighted by molar-refractivity contribution is 0.411. The van der Waals surface area contributed by atoms with Gasteiger partial charge < -0.3 is 10.5 Å². The van der Waals surface area contributed by atoms with Crippen LogP contribution in [0.5, 0.6) is 5.75 Å². The lowest BCUT2D eigenvalue weighted by atomic mass is 10.2. The van der Waals surface area contributed by atoms with Crippen LogP contribution < -0.4 is 10.5 Å². The molecule has 0 atom stereocenters. The molecule has 0 saturated carbocycles. The number of benzene rings is 1. The average Bonchev–Trinajstić information content (AvgIpc) is 2.39. The Balaban J connectivity index is 2.40. The highest BCUT2D eigenvalue weighted by molar-refractivity contribution is 7.90. The molecule has 0 bridgehead atoms. The smallest absolute Gasteiger partial charge is 0.201 e. The molecule has 1 aromatic carbocycles. The van der Waals surface area contributed by atoms with Crippen molar-refractivity contribution in [3.63, 3.8) is 0 Å². The number of ether oxygens (including phenoxy) is 1. The van der Waals surface area contributed by atoms with Crippen molar-refractivity contribution < 1.29 is 13.2 Å². The van der Waals surface area contributed by atoms with Gasteiger partial charge in [-0.2, -0.15) is 0 Å². The number of hydrogen-bond donors (Lipinski definition) is 1. The summed E-state index contributed by atoms with van der Waals surface area (Å²) >= 11 is 0. The molecule has 2 rings (SSSR count). The largest absolute Gasteiger partial charge is 0.496 e. The van der Waals surface area contributed by atoms with Gasteiger partial charge in [-0.15, -0.1) is 0 Å². The van der Waals surface area contributed by atoms with E-state index in [1.807, 2.05) is 0 Å². The fraction of sp³-hybridized carbons (Fsp3) is 0.154. The Kier molecular flexibility index (Phi) is 3.71. The summed E-state index contributed by atoms with van der Waals surface area (Å²) in [5.74, 6) is 0.332. The second kappa shape index (κ2) is 5.27. The van der Waals surface area contributed by atoms with Crippen molar-refractivity contribution in [2.75, 3.05) is 12.8 Å². The summed E-state index contributed by atoms with van der Waals surface area (Å²) in [7, 11) is -2.09. The van der Waals surface area contributed by atoms with Gasteiger partial charge in [0.15, 0.2) is 5.03 Å². The Hall–Kier alpha value is -2.08. The van der Waals surface area contributed by atoms with Crippen LogP contribution in [0.4, 0.5) is 5.69 Å². The van der Waals surface area contributed by atoms with Gasteiger partial charge in [0.05, 0.1) is 18.6 Å². The molecule has 2 aromatic rings. The topological polar surface area (TPSA) is 82.3 Å². The van der Waals surface area contributed by atoms with Gasteiger partial charge in [0.2, 0.25) is 9.84 Å². The zero-order valence-electron chi connectivity index (χ0n) is 10.4. The molecule has 5 nitrogen and oxygen atoms in total. The maximum atomic E-state index is 12.3. The molecule has 2 N–H and O–H groups in total. The van der Waals surface area contributed by atoms with Crippen molar-refractivity contribution in [3.8, 4) is 5.75 Å². The molecular formula is C13H14N2O3S. The van der Waals surface area contributed by atoms with E-state index in [1.54, 1.807) is 30.3 Å². The first-order valence-electron chi connectivity index (χ1n) is 5.60. The van der Waals surface area contributed by atoms with E-state index < -0.39 is 9.84 Å². The van der Waals surface area contributed by atoms with E-state index >= 15 is 0 Å². The van der Waals surface area contributed by atoms with Crippen molar-refractivity contribution >= 4 is 15.5 Å². The minimum absolute atomic E-state index is 0.0964. The van der Waals surface area contributed by atoms with E-state index in [0.29, 0.717) is 11.3 Å². The standard InChI is InChI=1S/C13H14N2O3S/c1-18-12-7-3-2-5-10(12)9-19(16,17)13-11(14)6-4-8-15-13/h2-8H,9,14H2,1H3. The number of para-hydroxylation sites is 1. The third kappa shape index (κ3) is 2.85. The van der Waals surface area contributed by atoms with Crippen molar-refractivity contribution in [2.45, 2.75) is 10.8 Å². The zero-order chi connectivity index (χ0) is 13.9. The van der Waals surface area contributed by atoms with E-state index in [0.717, 1.165) is 0 Å². The Labute approximate surface area is 112 Å². The highest BCUT2D eigenvalue weighted by atomic mass is 32.2. The number of nitrogens with zero attached hydrogens (tertiary/aromatic N) is 1. The van der Waals surface area contributed by atoms with Gasteiger partial charge in [-0.05, 0) is 18.2 Å². The number of hydrogen-bond acceptors (Lipinski definition) is 5. The third-order valence-electron chi connectivity index (χ3n) is 2.63. The summed E-state index contributed by atoms with van der Waals surface area (Å²) in [5.41, 5.74) is 6.39. The normalized spacial score (nSPS) is 11.2. The lowest BCUT2D eigenvalue weighted by Gasteiger charge is -2.09. The van der Waals surface area contributed by atoms with Crippen LogP contribution in [-0.2, 0) is 15.6 Å². The molecule has 100 valence electrons.